The van der Waals surface area contributed by atoms with Crippen molar-refractivity contribution in [2.45, 2.75) is 12.8 Å². The predicted molar refractivity (Wildman–Crippen MR) is 125 cm³/mol. The van der Waals surface area contributed by atoms with Gasteiger partial charge in [-0.25, -0.2) is 8.42 Å². The van der Waals surface area contributed by atoms with Gasteiger partial charge in [-0.1, -0.05) is 30.3 Å². The highest BCUT2D eigenvalue weighted by Crippen LogP contribution is 2.28. The molecule has 1 aliphatic heterocycles. The minimum atomic E-state index is -3.48. The van der Waals surface area contributed by atoms with E-state index in [4.69, 9.17) is 9.47 Å². The van der Waals surface area contributed by atoms with Gasteiger partial charge in [0.25, 0.3) is 5.91 Å². The van der Waals surface area contributed by atoms with Gasteiger partial charge < -0.3 is 19.3 Å². The fraction of sp³-hybridized carbons (Fsp3) is 0.417. The molecule has 1 fully saturated rings. The van der Waals surface area contributed by atoms with Crippen molar-refractivity contribution >= 4 is 21.7 Å². The monoisotopic (exact) mass is 474 g/mol. The van der Waals surface area contributed by atoms with E-state index in [1.165, 1.54) is 19.1 Å². The zero-order chi connectivity index (χ0) is 23.8. The number of nitrogens with zero attached hydrogens (tertiary/aromatic N) is 2. The van der Waals surface area contributed by atoms with Crippen LogP contribution in [0.3, 0.4) is 0 Å². The van der Waals surface area contributed by atoms with Crippen LogP contribution in [0.25, 0.3) is 0 Å². The summed E-state index contributed by atoms with van der Waals surface area (Å²) in [5.41, 5.74) is 1.54. The highest BCUT2D eigenvalue weighted by atomic mass is 32.2. The maximum Gasteiger partial charge on any atom is 0.254 e. The highest BCUT2D eigenvalue weighted by Gasteiger charge is 2.28. The molecule has 2 aromatic rings. The van der Waals surface area contributed by atoms with Crippen LogP contribution < -0.4 is 9.47 Å². The Balaban J connectivity index is 1.48. The van der Waals surface area contributed by atoms with Gasteiger partial charge in [0.2, 0.25) is 5.91 Å². The van der Waals surface area contributed by atoms with E-state index in [1.54, 1.807) is 23.1 Å². The quantitative estimate of drug-likeness (QED) is 0.552. The van der Waals surface area contributed by atoms with Crippen LogP contribution in [0.1, 0.15) is 22.3 Å². The van der Waals surface area contributed by atoms with E-state index in [0.29, 0.717) is 56.1 Å². The van der Waals surface area contributed by atoms with Gasteiger partial charge in [-0.15, -0.1) is 0 Å². The average molecular weight is 475 g/mol. The molecule has 178 valence electrons. The van der Waals surface area contributed by atoms with Gasteiger partial charge in [0, 0.05) is 31.7 Å². The second-order valence-corrected chi connectivity index (χ2v) is 10.1. The number of hydrogen-bond acceptors (Lipinski definition) is 6. The van der Waals surface area contributed by atoms with E-state index >= 15 is 0 Å². The number of carbonyl (C=O) groups is 2. The number of benzene rings is 2. The highest BCUT2D eigenvalue weighted by molar-refractivity contribution is 7.92. The topological polar surface area (TPSA) is 93.2 Å². The number of methoxy groups -OCH3 is 2. The number of piperazine rings is 1. The van der Waals surface area contributed by atoms with Gasteiger partial charge in [-0.2, -0.15) is 0 Å². The zero-order valence-corrected chi connectivity index (χ0v) is 19.8. The van der Waals surface area contributed by atoms with Crippen molar-refractivity contribution in [2.75, 3.05) is 51.9 Å². The van der Waals surface area contributed by atoms with Crippen LogP contribution in [0.4, 0.5) is 0 Å². The molecule has 0 unspecified atom stereocenters. The Morgan fingerprint density at radius 2 is 1.52 bits per heavy atom. The van der Waals surface area contributed by atoms with Crippen molar-refractivity contribution in [3.05, 3.63) is 59.7 Å². The van der Waals surface area contributed by atoms with E-state index in [9.17, 15) is 18.0 Å². The van der Waals surface area contributed by atoms with Crippen molar-refractivity contribution in [1.29, 1.82) is 0 Å². The molecule has 0 N–H and O–H groups in total. The van der Waals surface area contributed by atoms with Crippen LogP contribution in [-0.4, -0.2) is 81.9 Å². The summed E-state index contributed by atoms with van der Waals surface area (Å²) < 4.78 is 35.3. The molecule has 0 radical (unpaired) electrons. The zero-order valence-electron chi connectivity index (χ0n) is 19.0. The van der Waals surface area contributed by atoms with Gasteiger partial charge in [0.15, 0.2) is 21.3 Å². The molecule has 2 amide bonds. The van der Waals surface area contributed by atoms with E-state index in [-0.39, 0.29) is 11.7 Å². The summed E-state index contributed by atoms with van der Waals surface area (Å²) >= 11 is 0. The second kappa shape index (κ2) is 11.2. The third-order valence-electron chi connectivity index (χ3n) is 5.66. The largest absolute Gasteiger partial charge is 0.493 e. The molecule has 0 aromatic heterocycles. The lowest BCUT2D eigenvalue weighted by atomic mass is 10.1. The van der Waals surface area contributed by atoms with Gasteiger partial charge in [-0.3, -0.25) is 9.59 Å². The number of amides is 2. The van der Waals surface area contributed by atoms with Crippen LogP contribution >= 0.6 is 0 Å². The molecule has 0 spiro atoms. The summed E-state index contributed by atoms with van der Waals surface area (Å²) in [7, 11) is -0.452. The molecule has 1 saturated heterocycles. The number of sulfone groups is 1. The van der Waals surface area contributed by atoms with Crippen LogP contribution in [0, 0.1) is 0 Å². The summed E-state index contributed by atoms with van der Waals surface area (Å²) in [5, 5.41) is 0. The molecule has 0 atom stereocenters. The SMILES string of the molecule is COc1ccc(C(=O)N2CCN(C(=O)CS(=O)(=O)CCCc3ccccc3)CC2)cc1OC. The molecular weight excluding hydrogens is 444 g/mol. The van der Waals surface area contributed by atoms with Crippen molar-refractivity contribution in [1.82, 2.24) is 9.80 Å². The van der Waals surface area contributed by atoms with E-state index in [2.05, 4.69) is 0 Å². The van der Waals surface area contributed by atoms with Crippen molar-refractivity contribution in [3.8, 4) is 11.5 Å². The Hall–Kier alpha value is -3.07. The third kappa shape index (κ3) is 6.71. The summed E-state index contributed by atoms with van der Waals surface area (Å²) in [6.07, 6.45) is 1.14. The Bertz CT molecular complexity index is 1060. The van der Waals surface area contributed by atoms with Gasteiger partial charge in [-0.05, 0) is 36.6 Å². The number of carbonyl (C=O) groups excluding carboxylic acids is 2. The van der Waals surface area contributed by atoms with Gasteiger partial charge in [0.05, 0.1) is 20.0 Å². The maximum atomic E-state index is 12.8. The first-order valence-corrected chi connectivity index (χ1v) is 12.7. The molecular formula is C24H30N2O6S. The smallest absolute Gasteiger partial charge is 0.254 e. The minimum Gasteiger partial charge on any atom is -0.493 e. The fourth-order valence-electron chi connectivity index (χ4n) is 3.80. The van der Waals surface area contributed by atoms with E-state index < -0.39 is 21.5 Å². The fourth-order valence-corrected chi connectivity index (χ4v) is 5.09. The number of hydrogen-bond donors (Lipinski definition) is 0. The van der Waals surface area contributed by atoms with Crippen molar-refractivity contribution < 1.29 is 27.5 Å². The van der Waals surface area contributed by atoms with E-state index in [0.717, 1.165) is 5.56 Å². The Morgan fingerprint density at radius 3 is 2.15 bits per heavy atom. The normalized spacial score (nSPS) is 14.1. The van der Waals surface area contributed by atoms with Gasteiger partial charge >= 0.3 is 0 Å². The van der Waals surface area contributed by atoms with Crippen LogP contribution in [0.15, 0.2) is 48.5 Å². The first-order valence-electron chi connectivity index (χ1n) is 10.9. The standard InChI is InChI=1S/C24H30N2O6S/c1-31-21-11-10-20(17-22(21)32-2)24(28)26-14-12-25(13-15-26)23(27)18-33(29,30)16-6-9-19-7-4-3-5-8-19/h3-5,7-8,10-11,17H,6,9,12-16,18H2,1-2H3. The lowest BCUT2D eigenvalue weighted by Gasteiger charge is -2.34. The van der Waals surface area contributed by atoms with E-state index in [1.807, 2.05) is 30.3 Å². The maximum absolute atomic E-state index is 12.8. The summed E-state index contributed by atoms with van der Waals surface area (Å²) in [5.74, 6) is -0.0924. The third-order valence-corrected chi connectivity index (χ3v) is 7.25. The van der Waals surface area contributed by atoms with Gasteiger partial charge in [0.1, 0.15) is 5.75 Å². The second-order valence-electron chi connectivity index (χ2n) is 7.92. The summed E-state index contributed by atoms with van der Waals surface area (Å²) in [4.78, 5) is 28.6. The minimum absolute atomic E-state index is 0.0224. The number of ether oxygens (including phenoxy) is 2. The van der Waals surface area contributed by atoms with Crippen LogP contribution in [0.2, 0.25) is 0 Å². The predicted octanol–water partition coefficient (Wildman–Crippen LogP) is 2.04. The number of rotatable bonds is 9. The van der Waals surface area contributed by atoms with Crippen molar-refractivity contribution in [2.24, 2.45) is 0 Å². The Labute approximate surface area is 195 Å². The summed E-state index contributed by atoms with van der Waals surface area (Å²) in [6.45, 7) is 1.29. The molecule has 1 heterocycles. The molecule has 0 saturated carbocycles. The lowest BCUT2D eigenvalue weighted by molar-refractivity contribution is -0.129. The first kappa shape index (κ1) is 24.6. The lowest BCUT2D eigenvalue weighted by Crippen LogP contribution is -2.51. The Kier molecular flexibility index (Phi) is 8.32. The Morgan fingerprint density at radius 1 is 0.879 bits per heavy atom. The van der Waals surface area contributed by atoms with Crippen molar-refractivity contribution in [3.63, 3.8) is 0 Å². The molecule has 0 aliphatic carbocycles. The average Bonchev–Trinajstić information content (AvgIpc) is 2.83. The summed E-state index contributed by atoms with van der Waals surface area (Å²) in [6, 6.07) is 14.6. The molecule has 1 aliphatic rings. The molecule has 8 nitrogen and oxygen atoms in total. The van der Waals surface area contributed by atoms with Crippen LogP contribution in [-0.2, 0) is 21.1 Å². The van der Waals surface area contributed by atoms with Crippen LogP contribution in [0.5, 0.6) is 11.5 Å². The molecule has 0 bridgehead atoms. The molecule has 9 heteroatoms. The first-order chi connectivity index (χ1) is 15.8. The molecule has 3 rings (SSSR count). The molecule has 33 heavy (non-hydrogen) atoms. The number of aryl methyl sites for hydroxylation is 1. The molecule has 2 aromatic carbocycles.